The molecule has 0 unspecified atom stereocenters. The van der Waals surface area contributed by atoms with Crippen LogP contribution in [0.2, 0.25) is 0 Å². The van der Waals surface area contributed by atoms with E-state index >= 15 is 0 Å². The largest absolute Gasteiger partial charge is 0.505 e. The molecule has 0 aromatic heterocycles. The molecule has 16 heteroatoms. The molecule has 0 aliphatic heterocycles. The van der Waals surface area contributed by atoms with Gasteiger partial charge in [-0.05, 0) is 211 Å². The normalized spacial score (nSPS) is 28.5. The number of carbonyl (C=O) groups is 2. The summed E-state index contributed by atoms with van der Waals surface area (Å²) in [5.41, 5.74) is -4.97. The number of phenolic OH excluding ortho intramolecular Hbond substituents is 1. The lowest BCUT2D eigenvalue weighted by Crippen LogP contribution is -2.29. The van der Waals surface area contributed by atoms with Crippen LogP contribution in [0.15, 0.2) is 54.6 Å². The molecule has 3 aromatic carbocycles. The van der Waals surface area contributed by atoms with E-state index in [0.717, 1.165) is 85.5 Å². The second-order valence-corrected chi connectivity index (χ2v) is 26.7. The summed E-state index contributed by atoms with van der Waals surface area (Å²) in [5, 5.41) is 9.83. The van der Waals surface area contributed by atoms with Gasteiger partial charge in [0, 0.05) is 17.2 Å². The van der Waals surface area contributed by atoms with Gasteiger partial charge in [0.25, 0.3) is 0 Å². The second kappa shape index (κ2) is 33.3. The Kier molecular flexibility index (Phi) is 27.6. The standard InChI is InChI=1S/2C22H28F4O.C18H33Br.C7H4F4O/c2*1-2-14-6-8-15(9-7-14)16-10-12-17(13-11-16)21(27)18-4-3-5-19(20(18)23)22(24,25)26;1-2-3-4-5-15-6-10-17(11-7-15)18-12-8-16(14-19)9-13-18;8-6-4(7(9,10)11)2-1-3-5(6)12/h2*3-5,14-17H,2,6-13H2,1H3;15-18H,2-14H2,1H3;1-3,12H. The predicted octanol–water partition coefficient (Wildman–Crippen LogP) is 23.2. The van der Waals surface area contributed by atoms with E-state index in [2.05, 4.69) is 36.7 Å². The molecule has 0 saturated heterocycles. The molecule has 0 spiro atoms. The zero-order valence-corrected chi connectivity index (χ0v) is 51.8. The van der Waals surface area contributed by atoms with Crippen molar-refractivity contribution < 1.29 is 67.4 Å². The highest BCUT2D eigenvalue weighted by Gasteiger charge is 2.41. The third-order valence-electron chi connectivity index (χ3n) is 20.9. The minimum atomic E-state index is -4.78. The SMILES string of the molecule is CCC1CCC(C2CCC(C(=O)c3cccc(C(F)(F)F)c3F)CC2)CC1.CCC1CCC(C2CCC(C(=O)c3cccc(C(F)(F)F)c3F)CC2)CC1.CCCCCC1CCC(C2CCC(CBr)CC2)CC1.Oc1cccc(C(F)(F)F)c1F. The van der Waals surface area contributed by atoms with E-state index in [1.165, 1.54) is 133 Å². The Hall–Kier alpha value is -3.56. The quantitative estimate of drug-likeness (QED) is 0.0757. The average molecular weight is 1280 g/mol. The number of alkyl halides is 10. The fraction of sp³-hybridized carbons (Fsp3) is 0.710. The third kappa shape index (κ3) is 20.5. The van der Waals surface area contributed by atoms with Crippen molar-refractivity contribution in [3.63, 3.8) is 0 Å². The number of carbonyl (C=O) groups excluding carboxylic acids is 2. The molecule has 6 aliphatic rings. The molecule has 3 nitrogen and oxygen atoms in total. The summed E-state index contributed by atoms with van der Waals surface area (Å²) in [5.74, 6) is 1.50. The van der Waals surface area contributed by atoms with Crippen molar-refractivity contribution in [3.05, 3.63) is 99.9 Å². The number of aromatic hydroxyl groups is 1. The topological polar surface area (TPSA) is 54.4 Å². The minimum Gasteiger partial charge on any atom is -0.505 e. The van der Waals surface area contributed by atoms with Crippen LogP contribution < -0.4 is 0 Å². The number of hydrogen-bond donors (Lipinski definition) is 1. The molecule has 85 heavy (non-hydrogen) atoms. The van der Waals surface area contributed by atoms with Crippen molar-refractivity contribution >= 4 is 27.5 Å². The molecule has 0 heterocycles. The third-order valence-corrected chi connectivity index (χ3v) is 21.8. The Labute approximate surface area is 506 Å². The van der Waals surface area contributed by atoms with Crippen LogP contribution in [-0.2, 0) is 18.5 Å². The highest BCUT2D eigenvalue weighted by Crippen LogP contribution is 2.47. The zero-order valence-electron chi connectivity index (χ0n) is 50.2. The van der Waals surface area contributed by atoms with Crippen LogP contribution in [0.25, 0.3) is 0 Å². The summed E-state index contributed by atoms with van der Waals surface area (Å²) in [6.07, 6.45) is 22.8. The summed E-state index contributed by atoms with van der Waals surface area (Å²) >= 11 is 3.66. The van der Waals surface area contributed by atoms with Crippen LogP contribution >= 0.6 is 15.9 Å². The monoisotopic (exact) mass is 1280 g/mol. The van der Waals surface area contributed by atoms with Crippen LogP contribution in [0, 0.1) is 88.5 Å². The molecule has 0 amide bonds. The van der Waals surface area contributed by atoms with E-state index in [0.29, 0.717) is 67.6 Å². The maximum Gasteiger partial charge on any atom is 0.419 e. The van der Waals surface area contributed by atoms with Crippen LogP contribution in [0.1, 0.15) is 251 Å². The molecule has 6 aliphatic carbocycles. The van der Waals surface area contributed by atoms with Gasteiger partial charge in [-0.1, -0.05) is 132 Å². The van der Waals surface area contributed by atoms with Crippen molar-refractivity contribution in [2.45, 2.75) is 232 Å². The molecule has 6 saturated carbocycles. The molecule has 0 bridgehead atoms. The van der Waals surface area contributed by atoms with Gasteiger partial charge >= 0.3 is 18.5 Å². The Bertz CT molecular complexity index is 2360. The summed E-state index contributed by atoms with van der Waals surface area (Å²) in [6, 6.07) is 8.34. The lowest BCUT2D eigenvalue weighted by molar-refractivity contribution is -0.141. The number of halogens is 13. The first-order chi connectivity index (χ1) is 40.4. The number of phenols is 1. The maximum atomic E-state index is 14.3. The zero-order chi connectivity index (χ0) is 62.1. The molecule has 0 atom stereocenters. The molecular formula is C69H93BrF12O3. The van der Waals surface area contributed by atoms with Crippen LogP contribution in [0.3, 0.4) is 0 Å². The van der Waals surface area contributed by atoms with Crippen molar-refractivity contribution in [3.8, 4) is 5.75 Å². The highest BCUT2D eigenvalue weighted by atomic mass is 79.9. The number of ketones is 2. The van der Waals surface area contributed by atoms with Crippen molar-refractivity contribution in [1.29, 1.82) is 0 Å². The van der Waals surface area contributed by atoms with Crippen LogP contribution in [-0.4, -0.2) is 22.0 Å². The number of rotatable bonds is 14. The maximum absolute atomic E-state index is 14.3. The van der Waals surface area contributed by atoms with Crippen LogP contribution in [0.5, 0.6) is 5.75 Å². The van der Waals surface area contributed by atoms with E-state index in [1.807, 2.05) is 0 Å². The molecule has 9 rings (SSSR count). The molecule has 478 valence electrons. The first-order valence-electron chi connectivity index (χ1n) is 32.3. The number of hydrogen-bond acceptors (Lipinski definition) is 3. The number of unbranched alkanes of at least 4 members (excludes halogenated alkanes) is 2. The minimum absolute atomic E-state index is 0.355. The smallest absolute Gasteiger partial charge is 0.419 e. The fourth-order valence-electron chi connectivity index (χ4n) is 15.3. The molecular weight excluding hydrogens is 1180 g/mol. The number of benzene rings is 3. The van der Waals surface area contributed by atoms with E-state index in [9.17, 15) is 62.3 Å². The summed E-state index contributed by atoms with van der Waals surface area (Å²) in [4.78, 5) is 25.3. The molecule has 3 aromatic rings. The summed E-state index contributed by atoms with van der Waals surface area (Å²) in [7, 11) is 0. The van der Waals surface area contributed by atoms with Gasteiger partial charge in [0.05, 0.1) is 27.8 Å². The van der Waals surface area contributed by atoms with Crippen molar-refractivity contribution in [2.24, 2.45) is 71.0 Å². The lowest BCUT2D eigenvalue weighted by Gasteiger charge is -2.37. The van der Waals surface area contributed by atoms with Crippen molar-refractivity contribution in [2.75, 3.05) is 5.33 Å². The molecule has 0 radical (unpaired) electrons. The Morgan fingerprint density at radius 2 is 0.706 bits per heavy atom. The predicted molar refractivity (Wildman–Crippen MR) is 316 cm³/mol. The van der Waals surface area contributed by atoms with Gasteiger partial charge in [-0.15, -0.1) is 0 Å². The van der Waals surface area contributed by atoms with E-state index < -0.39 is 81.1 Å². The second-order valence-electron chi connectivity index (χ2n) is 26.0. The van der Waals surface area contributed by atoms with Gasteiger partial charge in [-0.2, -0.15) is 39.5 Å². The van der Waals surface area contributed by atoms with Crippen molar-refractivity contribution in [1.82, 2.24) is 0 Å². The molecule has 6 fully saturated rings. The summed E-state index contributed by atoms with van der Waals surface area (Å²) < 4.78 is 154. The first-order valence-corrected chi connectivity index (χ1v) is 33.4. The Morgan fingerprint density at radius 1 is 0.412 bits per heavy atom. The average Bonchev–Trinajstić information content (AvgIpc) is 3.62. The molecule has 1 N–H and O–H groups in total. The van der Waals surface area contributed by atoms with Crippen LogP contribution in [0.4, 0.5) is 52.7 Å². The van der Waals surface area contributed by atoms with Gasteiger partial charge in [0.15, 0.2) is 23.1 Å². The fourth-order valence-corrected chi connectivity index (χ4v) is 16.0. The van der Waals surface area contributed by atoms with Gasteiger partial charge < -0.3 is 5.11 Å². The van der Waals surface area contributed by atoms with E-state index in [-0.39, 0.29) is 11.8 Å². The Morgan fingerprint density at radius 3 is 1.00 bits per heavy atom. The van der Waals surface area contributed by atoms with Gasteiger partial charge in [-0.3, -0.25) is 9.59 Å². The lowest BCUT2D eigenvalue weighted by atomic mass is 9.68. The number of Topliss-reactive ketones (excluding diaryl/α,β-unsaturated/α-hetero) is 2. The van der Waals surface area contributed by atoms with Gasteiger partial charge in [0.2, 0.25) is 0 Å². The van der Waals surface area contributed by atoms with E-state index in [1.54, 1.807) is 25.7 Å². The van der Waals surface area contributed by atoms with Gasteiger partial charge in [0.1, 0.15) is 11.6 Å². The summed E-state index contributed by atoms with van der Waals surface area (Å²) in [6.45, 7) is 6.81. The van der Waals surface area contributed by atoms with Gasteiger partial charge in [-0.25, -0.2) is 13.2 Å². The van der Waals surface area contributed by atoms with E-state index in [4.69, 9.17) is 5.11 Å². The first kappa shape index (κ1) is 70.5. The Balaban J connectivity index is 0.000000189. The highest BCUT2D eigenvalue weighted by molar-refractivity contribution is 9.09.